The number of benzene rings is 3. The third kappa shape index (κ3) is 4.50. The van der Waals surface area contributed by atoms with E-state index in [1.165, 1.54) is 11.9 Å². The molecule has 0 radical (unpaired) electrons. The van der Waals surface area contributed by atoms with Crippen LogP contribution in [0.3, 0.4) is 0 Å². The SMILES string of the molecule is CC[N+](C)(CC)N(c1ccccc1)C1(NC(C)=O)C(=O)N(c2ccccc2)N=C1Cc1ccccc1. The Labute approximate surface area is 213 Å². The standard InChI is InChI=1S/C29H33N5O2/c1-5-34(4,6-2)33(26-20-14-9-15-21-26)29(30-23(3)35)27(22-24-16-10-7-11-17-24)31-32(28(29)36)25-18-12-8-13-19-25/h7-21H,5-6,22H2,1-4H3/p+1. The van der Waals surface area contributed by atoms with E-state index in [9.17, 15) is 9.59 Å². The second kappa shape index (κ2) is 10.3. The van der Waals surface area contributed by atoms with Crippen molar-refractivity contribution >= 4 is 28.9 Å². The smallest absolute Gasteiger partial charge is 0.305 e. The molecular formula is C29H34N5O2+. The fraction of sp³-hybridized carbons (Fsp3) is 0.276. The topological polar surface area (TPSA) is 65.0 Å². The van der Waals surface area contributed by atoms with Crippen LogP contribution in [0.5, 0.6) is 0 Å². The van der Waals surface area contributed by atoms with Crippen molar-refractivity contribution in [1.29, 1.82) is 0 Å². The molecule has 36 heavy (non-hydrogen) atoms. The predicted molar refractivity (Wildman–Crippen MR) is 144 cm³/mol. The fourth-order valence-corrected chi connectivity index (χ4v) is 4.77. The van der Waals surface area contributed by atoms with Crippen LogP contribution in [-0.2, 0) is 16.0 Å². The minimum Gasteiger partial charge on any atom is -0.317 e. The minimum atomic E-state index is -1.53. The van der Waals surface area contributed by atoms with E-state index in [0.29, 0.717) is 35.5 Å². The highest BCUT2D eigenvalue weighted by molar-refractivity contribution is 6.26. The number of hydrogen-bond donors (Lipinski definition) is 1. The van der Waals surface area contributed by atoms with Gasteiger partial charge in [0.25, 0.3) is 5.66 Å². The molecule has 0 saturated carbocycles. The Morgan fingerprint density at radius 2 is 1.44 bits per heavy atom. The van der Waals surface area contributed by atoms with Gasteiger partial charge in [-0.1, -0.05) is 66.7 Å². The molecule has 3 aromatic carbocycles. The molecule has 1 aliphatic heterocycles. The first-order valence-electron chi connectivity index (χ1n) is 12.4. The Kier molecular flexibility index (Phi) is 7.22. The molecule has 1 heterocycles. The summed E-state index contributed by atoms with van der Waals surface area (Å²) >= 11 is 0. The zero-order valence-corrected chi connectivity index (χ0v) is 21.4. The van der Waals surface area contributed by atoms with E-state index >= 15 is 0 Å². The van der Waals surface area contributed by atoms with Crippen LogP contribution in [0.4, 0.5) is 11.4 Å². The monoisotopic (exact) mass is 484 g/mol. The van der Waals surface area contributed by atoms with E-state index in [-0.39, 0.29) is 11.8 Å². The number of carbonyl (C=O) groups excluding carboxylic acids is 2. The van der Waals surface area contributed by atoms with Gasteiger partial charge in [-0.15, -0.1) is 0 Å². The van der Waals surface area contributed by atoms with Crippen LogP contribution >= 0.6 is 0 Å². The normalized spacial score (nSPS) is 17.6. The number of hydrogen-bond acceptors (Lipinski definition) is 4. The summed E-state index contributed by atoms with van der Waals surface area (Å²) in [6, 6.07) is 29.1. The second-order valence-corrected chi connectivity index (χ2v) is 9.17. The number of quaternary nitrogens is 1. The highest BCUT2D eigenvalue weighted by atomic mass is 16.2. The van der Waals surface area contributed by atoms with Gasteiger partial charge in [-0.3, -0.25) is 9.59 Å². The predicted octanol–water partition coefficient (Wildman–Crippen LogP) is 4.37. The van der Waals surface area contributed by atoms with E-state index in [0.717, 1.165) is 11.3 Å². The molecule has 0 bridgehead atoms. The molecule has 0 saturated heterocycles. The van der Waals surface area contributed by atoms with E-state index in [4.69, 9.17) is 5.10 Å². The van der Waals surface area contributed by atoms with Crippen molar-refractivity contribution in [3.63, 3.8) is 0 Å². The number of rotatable bonds is 9. The molecule has 7 heteroatoms. The van der Waals surface area contributed by atoms with Crippen LogP contribution in [0.1, 0.15) is 26.3 Å². The number of carbonyl (C=O) groups is 2. The lowest BCUT2D eigenvalue weighted by Gasteiger charge is -2.50. The summed E-state index contributed by atoms with van der Waals surface area (Å²) in [7, 11) is 2.08. The Hall–Kier alpha value is -3.97. The van der Waals surface area contributed by atoms with Gasteiger partial charge in [-0.2, -0.15) is 15.1 Å². The highest BCUT2D eigenvalue weighted by Gasteiger charge is 2.62. The molecule has 1 aliphatic rings. The van der Waals surface area contributed by atoms with Gasteiger partial charge in [-0.25, -0.2) is 4.59 Å². The molecule has 1 atom stereocenters. The molecule has 1 N–H and O–H groups in total. The third-order valence-electron chi connectivity index (χ3n) is 6.88. The zero-order valence-electron chi connectivity index (χ0n) is 21.4. The van der Waals surface area contributed by atoms with Crippen molar-refractivity contribution in [3.05, 3.63) is 96.6 Å². The lowest BCUT2D eigenvalue weighted by atomic mass is 9.94. The molecule has 4 rings (SSSR count). The zero-order chi connectivity index (χ0) is 25.8. The van der Waals surface area contributed by atoms with E-state index in [2.05, 4.69) is 26.2 Å². The summed E-state index contributed by atoms with van der Waals surface area (Å²) in [5, 5.41) is 11.5. The molecule has 0 aromatic heterocycles. The molecule has 0 spiro atoms. The first-order chi connectivity index (χ1) is 17.4. The Balaban J connectivity index is 2.01. The summed E-state index contributed by atoms with van der Waals surface area (Å²) < 4.78 is 0.381. The lowest BCUT2D eigenvalue weighted by Crippen LogP contribution is -2.78. The summed E-state index contributed by atoms with van der Waals surface area (Å²) in [5.74, 6) is -0.622. The number of hydrazone groups is 1. The van der Waals surface area contributed by atoms with Gasteiger partial charge in [0.15, 0.2) is 0 Å². The average Bonchev–Trinajstić information content (AvgIpc) is 3.16. The molecule has 2 amide bonds. The number of para-hydroxylation sites is 2. The maximum Gasteiger partial charge on any atom is 0.305 e. The van der Waals surface area contributed by atoms with Gasteiger partial charge in [0.1, 0.15) is 5.71 Å². The lowest BCUT2D eigenvalue weighted by molar-refractivity contribution is -0.917. The molecule has 0 fully saturated rings. The van der Waals surface area contributed by atoms with Gasteiger partial charge in [0.2, 0.25) is 5.91 Å². The van der Waals surface area contributed by atoms with Gasteiger partial charge in [0, 0.05) is 13.3 Å². The van der Waals surface area contributed by atoms with Gasteiger partial charge >= 0.3 is 5.91 Å². The first kappa shape index (κ1) is 25.1. The largest absolute Gasteiger partial charge is 0.317 e. The van der Waals surface area contributed by atoms with Crippen molar-refractivity contribution in [3.8, 4) is 0 Å². The molecule has 7 nitrogen and oxygen atoms in total. The number of nitrogens with zero attached hydrogens (tertiary/aromatic N) is 4. The molecule has 186 valence electrons. The Bertz CT molecular complexity index is 1230. The Morgan fingerprint density at radius 1 is 0.917 bits per heavy atom. The summed E-state index contributed by atoms with van der Waals surface area (Å²) in [6.45, 7) is 7.02. The van der Waals surface area contributed by atoms with E-state index in [1.807, 2.05) is 96.0 Å². The quantitative estimate of drug-likeness (QED) is 0.279. The van der Waals surface area contributed by atoms with Crippen LogP contribution < -0.4 is 15.3 Å². The van der Waals surface area contributed by atoms with Crippen molar-refractivity contribution in [2.45, 2.75) is 32.9 Å². The van der Waals surface area contributed by atoms with Crippen molar-refractivity contribution in [2.75, 3.05) is 30.2 Å². The highest BCUT2D eigenvalue weighted by Crippen LogP contribution is 2.37. The number of amides is 2. The van der Waals surface area contributed by atoms with E-state index < -0.39 is 5.66 Å². The van der Waals surface area contributed by atoms with Gasteiger partial charge < -0.3 is 5.32 Å². The molecule has 1 unspecified atom stereocenters. The van der Waals surface area contributed by atoms with E-state index in [1.54, 1.807) is 0 Å². The Morgan fingerprint density at radius 3 is 1.97 bits per heavy atom. The van der Waals surface area contributed by atoms with Gasteiger partial charge in [0.05, 0.1) is 31.5 Å². The van der Waals surface area contributed by atoms with Gasteiger partial charge in [-0.05, 0) is 43.7 Å². The van der Waals surface area contributed by atoms with Crippen LogP contribution in [0.2, 0.25) is 0 Å². The van der Waals surface area contributed by atoms with Crippen molar-refractivity contribution < 1.29 is 14.2 Å². The third-order valence-corrected chi connectivity index (χ3v) is 6.88. The average molecular weight is 485 g/mol. The molecule has 0 aliphatic carbocycles. The molecule has 3 aromatic rings. The summed E-state index contributed by atoms with van der Waals surface area (Å²) in [6.07, 6.45) is 0.396. The maximum absolute atomic E-state index is 14.6. The number of anilines is 2. The van der Waals surface area contributed by atoms with Crippen molar-refractivity contribution in [1.82, 2.24) is 5.32 Å². The minimum absolute atomic E-state index is 0.307. The van der Waals surface area contributed by atoms with Crippen LogP contribution in [0.15, 0.2) is 96.1 Å². The summed E-state index contributed by atoms with van der Waals surface area (Å²) in [5.41, 5.74) is 1.51. The molecular weight excluding hydrogens is 450 g/mol. The second-order valence-electron chi connectivity index (χ2n) is 9.17. The summed E-state index contributed by atoms with van der Waals surface area (Å²) in [4.78, 5) is 27.5. The van der Waals surface area contributed by atoms with Crippen LogP contribution in [0, 0.1) is 0 Å². The fourth-order valence-electron chi connectivity index (χ4n) is 4.77. The van der Waals surface area contributed by atoms with Crippen LogP contribution in [0.25, 0.3) is 0 Å². The van der Waals surface area contributed by atoms with Crippen molar-refractivity contribution in [2.24, 2.45) is 5.10 Å². The van der Waals surface area contributed by atoms with Crippen LogP contribution in [-0.4, -0.2) is 47.9 Å². The maximum atomic E-state index is 14.6. The first-order valence-corrected chi connectivity index (χ1v) is 12.4. The number of nitrogens with one attached hydrogen (secondary N) is 1.